The Labute approximate surface area is 101 Å². The standard InChI is InChI=1S/C14H27NO/c1-7-12(6)13(15-10-4)14(8-2,9-3)16-11-5/h10H,7-9,11H2,1-6H3/b13-12-,15-10?. The molecule has 0 amide bonds. The Kier molecular flexibility index (Phi) is 7.31. The van der Waals surface area contributed by atoms with Gasteiger partial charge in [0, 0.05) is 12.8 Å². The predicted molar refractivity (Wildman–Crippen MR) is 72.1 cm³/mol. The van der Waals surface area contributed by atoms with Gasteiger partial charge in [-0.15, -0.1) is 0 Å². The van der Waals surface area contributed by atoms with Crippen molar-refractivity contribution < 1.29 is 4.74 Å². The van der Waals surface area contributed by atoms with Crippen molar-refractivity contribution in [2.24, 2.45) is 4.99 Å². The van der Waals surface area contributed by atoms with Crippen LogP contribution in [0.1, 0.15) is 60.8 Å². The molecular weight excluding hydrogens is 198 g/mol. The summed E-state index contributed by atoms with van der Waals surface area (Å²) in [6.45, 7) is 13.4. The maximum absolute atomic E-state index is 5.99. The van der Waals surface area contributed by atoms with Gasteiger partial charge >= 0.3 is 0 Å². The van der Waals surface area contributed by atoms with Crippen LogP contribution in [-0.4, -0.2) is 18.4 Å². The molecule has 0 heterocycles. The van der Waals surface area contributed by atoms with Crippen molar-refractivity contribution in [1.29, 1.82) is 0 Å². The molecule has 2 heteroatoms. The van der Waals surface area contributed by atoms with Crippen molar-refractivity contribution in [1.82, 2.24) is 0 Å². The van der Waals surface area contributed by atoms with Crippen LogP contribution in [0.25, 0.3) is 0 Å². The lowest BCUT2D eigenvalue weighted by molar-refractivity contribution is -0.0174. The molecule has 0 aromatic rings. The molecule has 94 valence electrons. The van der Waals surface area contributed by atoms with Gasteiger partial charge in [-0.1, -0.05) is 20.8 Å². The second-order valence-corrected chi connectivity index (χ2v) is 4.00. The van der Waals surface area contributed by atoms with Crippen LogP contribution in [0.5, 0.6) is 0 Å². The number of aliphatic imine (C=N–C) groups is 1. The minimum absolute atomic E-state index is 0.193. The monoisotopic (exact) mass is 225 g/mol. The first-order chi connectivity index (χ1) is 7.61. The Bertz CT molecular complexity index is 249. The minimum atomic E-state index is -0.193. The second kappa shape index (κ2) is 7.61. The summed E-state index contributed by atoms with van der Waals surface area (Å²) in [5, 5.41) is 0. The largest absolute Gasteiger partial charge is 0.369 e. The van der Waals surface area contributed by atoms with Crippen molar-refractivity contribution in [3.8, 4) is 0 Å². The summed E-state index contributed by atoms with van der Waals surface area (Å²) in [6, 6.07) is 0. The molecule has 0 unspecified atom stereocenters. The number of nitrogens with zero attached hydrogens (tertiary/aromatic N) is 1. The van der Waals surface area contributed by atoms with Crippen molar-refractivity contribution in [3.63, 3.8) is 0 Å². The average Bonchev–Trinajstić information content (AvgIpc) is 2.32. The molecule has 0 radical (unpaired) electrons. The number of allylic oxidation sites excluding steroid dienone is 1. The van der Waals surface area contributed by atoms with E-state index in [2.05, 4.69) is 39.6 Å². The zero-order valence-electron chi connectivity index (χ0n) is 11.8. The molecular formula is C14H27NO. The molecule has 0 aliphatic heterocycles. The van der Waals surface area contributed by atoms with E-state index in [4.69, 9.17) is 4.74 Å². The summed E-state index contributed by atoms with van der Waals surface area (Å²) in [4.78, 5) is 4.56. The van der Waals surface area contributed by atoms with Crippen LogP contribution in [0.15, 0.2) is 16.3 Å². The molecule has 0 aromatic carbocycles. The predicted octanol–water partition coefficient (Wildman–Crippen LogP) is 4.36. The summed E-state index contributed by atoms with van der Waals surface area (Å²) >= 11 is 0. The van der Waals surface area contributed by atoms with Crippen LogP contribution in [0, 0.1) is 0 Å². The smallest absolute Gasteiger partial charge is 0.109 e. The first-order valence-corrected chi connectivity index (χ1v) is 6.44. The Balaban J connectivity index is 5.42. The molecule has 0 atom stereocenters. The Morgan fingerprint density at radius 2 is 1.75 bits per heavy atom. The van der Waals surface area contributed by atoms with Gasteiger partial charge in [-0.25, -0.2) is 0 Å². The van der Waals surface area contributed by atoms with E-state index < -0.39 is 0 Å². The molecule has 0 N–H and O–H groups in total. The molecule has 0 saturated heterocycles. The van der Waals surface area contributed by atoms with Crippen molar-refractivity contribution >= 4 is 6.21 Å². The zero-order valence-corrected chi connectivity index (χ0v) is 11.8. The van der Waals surface area contributed by atoms with E-state index in [-0.39, 0.29) is 5.60 Å². The Morgan fingerprint density at radius 1 is 1.19 bits per heavy atom. The topological polar surface area (TPSA) is 21.6 Å². The molecule has 0 aliphatic rings. The molecule has 0 saturated carbocycles. The normalized spacial score (nSPS) is 14.4. The lowest BCUT2D eigenvalue weighted by Crippen LogP contribution is -2.34. The average molecular weight is 225 g/mol. The highest BCUT2D eigenvalue weighted by Gasteiger charge is 2.32. The van der Waals surface area contributed by atoms with Gasteiger partial charge in [0.05, 0.1) is 5.70 Å². The third-order valence-electron chi connectivity index (χ3n) is 3.19. The van der Waals surface area contributed by atoms with Crippen molar-refractivity contribution in [2.75, 3.05) is 6.61 Å². The van der Waals surface area contributed by atoms with Crippen LogP contribution < -0.4 is 0 Å². The molecule has 0 spiro atoms. The van der Waals surface area contributed by atoms with E-state index >= 15 is 0 Å². The molecule has 0 aromatic heterocycles. The number of hydrogen-bond acceptors (Lipinski definition) is 2. The van der Waals surface area contributed by atoms with Crippen molar-refractivity contribution in [2.45, 2.75) is 66.4 Å². The number of ether oxygens (including phenoxy) is 1. The van der Waals surface area contributed by atoms with Gasteiger partial charge in [0.25, 0.3) is 0 Å². The molecule has 0 fully saturated rings. The first kappa shape index (κ1) is 15.4. The molecule has 0 rings (SSSR count). The van der Waals surface area contributed by atoms with Gasteiger partial charge in [0.1, 0.15) is 5.60 Å². The highest BCUT2D eigenvalue weighted by Crippen LogP contribution is 2.33. The van der Waals surface area contributed by atoms with Crippen LogP contribution in [0.2, 0.25) is 0 Å². The lowest BCUT2D eigenvalue weighted by Gasteiger charge is -2.33. The fourth-order valence-corrected chi connectivity index (χ4v) is 2.05. The Hall–Kier alpha value is -0.630. The fourth-order valence-electron chi connectivity index (χ4n) is 2.05. The van der Waals surface area contributed by atoms with Crippen LogP contribution in [0.3, 0.4) is 0 Å². The molecule has 0 aliphatic carbocycles. The van der Waals surface area contributed by atoms with Crippen LogP contribution in [-0.2, 0) is 4.74 Å². The zero-order chi connectivity index (χ0) is 12.6. The quantitative estimate of drug-likeness (QED) is 0.590. The van der Waals surface area contributed by atoms with E-state index in [1.807, 2.05) is 13.1 Å². The lowest BCUT2D eigenvalue weighted by atomic mass is 9.89. The van der Waals surface area contributed by atoms with E-state index in [0.29, 0.717) is 0 Å². The van der Waals surface area contributed by atoms with Gasteiger partial charge in [0.15, 0.2) is 0 Å². The minimum Gasteiger partial charge on any atom is -0.369 e. The highest BCUT2D eigenvalue weighted by molar-refractivity contribution is 5.56. The third-order valence-corrected chi connectivity index (χ3v) is 3.19. The highest BCUT2D eigenvalue weighted by atomic mass is 16.5. The summed E-state index contributed by atoms with van der Waals surface area (Å²) < 4.78 is 5.99. The second-order valence-electron chi connectivity index (χ2n) is 4.00. The molecule has 2 nitrogen and oxygen atoms in total. The van der Waals surface area contributed by atoms with Gasteiger partial charge in [-0.05, 0) is 45.6 Å². The van der Waals surface area contributed by atoms with Gasteiger partial charge < -0.3 is 4.74 Å². The summed E-state index contributed by atoms with van der Waals surface area (Å²) in [5.41, 5.74) is 2.26. The molecule has 0 bridgehead atoms. The van der Waals surface area contributed by atoms with E-state index in [9.17, 15) is 0 Å². The first-order valence-electron chi connectivity index (χ1n) is 6.44. The van der Waals surface area contributed by atoms with Gasteiger partial charge in [0.2, 0.25) is 0 Å². The number of rotatable bonds is 7. The SMILES string of the molecule is CC=N/C(=C(/C)CC)C(CC)(CC)OCC. The fraction of sp³-hybridized carbons (Fsp3) is 0.786. The summed E-state index contributed by atoms with van der Waals surface area (Å²) in [6.07, 6.45) is 4.85. The van der Waals surface area contributed by atoms with E-state index in [1.165, 1.54) is 5.57 Å². The van der Waals surface area contributed by atoms with Crippen molar-refractivity contribution in [3.05, 3.63) is 11.3 Å². The third kappa shape index (κ3) is 3.44. The maximum Gasteiger partial charge on any atom is 0.109 e. The van der Waals surface area contributed by atoms with Gasteiger partial charge in [-0.3, -0.25) is 4.99 Å². The van der Waals surface area contributed by atoms with Gasteiger partial charge in [-0.2, -0.15) is 0 Å². The maximum atomic E-state index is 5.99. The van der Waals surface area contributed by atoms with E-state index in [1.54, 1.807) is 0 Å². The molecule has 16 heavy (non-hydrogen) atoms. The Morgan fingerprint density at radius 3 is 2.06 bits per heavy atom. The van der Waals surface area contributed by atoms with E-state index in [0.717, 1.165) is 31.6 Å². The van der Waals surface area contributed by atoms with Crippen LogP contribution >= 0.6 is 0 Å². The summed E-state index contributed by atoms with van der Waals surface area (Å²) in [7, 11) is 0. The van der Waals surface area contributed by atoms with Crippen LogP contribution in [0.4, 0.5) is 0 Å². The summed E-state index contributed by atoms with van der Waals surface area (Å²) in [5.74, 6) is 0. The number of hydrogen-bond donors (Lipinski definition) is 0.